The summed E-state index contributed by atoms with van der Waals surface area (Å²) in [5, 5.41) is 3.26. The Morgan fingerprint density at radius 2 is 2.00 bits per heavy atom. The summed E-state index contributed by atoms with van der Waals surface area (Å²) in [7, 11) is 3.63. The van der Waals surface area contributed by atoms with Crippen molar-refractivity contribution in [3.63, 3.8) is 0 Å². The molecule has 25 heavy (non-hydrogen) atoms. The normalized spacial score (nSPS) is 25.0. The Labute approximate surface area is 151 Å². The molecule has 1 aromatic rings. The van der Waals surface area contributed by atoms with Gasteiger partial charge in [-0.2, -0.15) is 0 Å². The summed E-state index contributed by atoms with van der Waals surface area (Å²) in [5.74, 6) is 0.972. The van der Waals surface area contributed by atoms with Crippen LogP contribution < -0.4 is 5.32 Å². The Hall–Kier alpha value is -1.55. The van der Waals surface area contributed by atoms with E-state index in [2.05, 4.69) is 35.3 Å². The number of fused-ring (bicyclic) bond motifs is 2. The van der Waals surface area contributed by atoms with Crippen molar-refractivity contribution in [2.24, 2.45) is 5.92 Å². The Balaban J connectivity index is 1.54. The van der Waals surface area contributed by atoms with Crippen molar-refractivity contribution in [2.75, 3.05) is 33.7 Å². The number of urea groups is 1. The van der Waals surface area contributed by atoms with E-state index in [0.717, 1.165) is 12.3 Å². The minimum Gasteiger partial charge on any atom is -0.331 e. The lowest BCUT2D eigenvalue weighted by Crippen LogP contribution is -2.43. The SMILES string of the molecule is Cc1ccc2c(c1)[C@H](NC(=O)N(C)C)CC21CCN(CC2CC2)CC1. The monoisotopic (exact) mass is 341 g/mol. The zero-order valence-corrected chi connectivity index (χ0v) is 15.8. The molecule has 1 heterocycles. The van der Waals surface area contributed by atoms with E-state index >= 15 is 0 Å². The third kappa shape index (κ3) is 3.29. The number of carbonyl (C=O) groups excluding carboxylic acids is 1. The lowest BCUT2D eigenvalue weighted by molar-refractivity contribution is 0.147. The molecule has 4 rings (SSSR count). The van der Waals surface area contributed by atoms with Crippen molar-refractivity contribution in [3.05, 3.63) is 34.9 Å². The maximum Gasteiger partial charge on any atom is 0.317 e. The van der Waals surface area contributed by atoms with Gasteiger partial charge >= 0.3 is 6.03 Å². The summed E-state index contributed by atoms with van der Waals surface area (Å²) in [6.45, 7) is 5.86. The molecule has 2 amide bonds. The molecule has 1 spiro atoms. The highest BCUT2D eigenvalue weighted by atomic mass is 16.2. The van der Waals surface area contributed by atoms with E-state index in [0.29, 0.717) is 0 Å². The van der Waals surface area contributed by atoms with Crippen molar-refractivity contribution >= 4 is 6.03 Å². The van der Waals surface area contributed by atoms with Crippen molar-refractivity contribution < 1.29 is 4.79 Å². The molecule has 1 atom stereocenters. The number of likely N-dealkylation sites (tertiary alicyclic amines) is 1. The highest BCUT2D eigenvalue weighted by Crippen LogP contribution is 2.51. The average Bonchev–Trinajstić information content (AvgIpc) is 3.35. The molecular weight excluding hydrogens is 310 g/mol. The van der Waals surface area contributed by atoms with Crippen molar-refractivity contribution in [1.29, 1.82) is 0 Å². The van der Waals surface area contributed by atoms with Crippen LogP contribution in [-0.4, -0.2) is 49.6 Å². The molecule has 0 radical (unpaired) electrons. The first kappa shape index (κ1) is 16.9. The van der Waals surface area contributed by atoms with Gasteiger partial charge in [-0.15, -0.1) is 0 Å². The third-order valence-electron chi connectivity index (χ3n) is 6.48. The maximum atomic E-state index is 12.3. The lowest BCUT2D eigenvalue weighted by atomic mass is 9.73. The first-order valence-corrected chi connectivity index (χ1v) is 9.78. The standard InChI is InChI=1S/C21H31N3O/c1-15-4-7-18-17(12-15)19(22-20(25)23(2)3)13-21(18)8-10-24(11-9-21)14-16-5-6-16/h4,7,12,16,19H,5-6,8-11,13-14H2,1-3H3,(H,22,25)/t19-/m1/s1. The van der Waals surface area contributed by atoms with Gasteiger partial charge in [-0.3, -0.25) is 0 Å². The second kappa shape index (κ2) is 6.31. The summed E-state index contributed by atoms with van der Waals surface area (Å²) in [4.78, 5) is 16.6. The van der Waals surface area contributed by atoms with Crippen LogP contribution in [0.3, 0.4) is 0 Å². The van der Waals surface area contributed by atoms with E-state index in [1.807, 2.05) is 14.1 Å². The van der Waals surface area contributed by atoms with Gasteiger partial charge in [0, 0.05) is 26.1 Å². The van der Waals surface area contributed by atoms with E-state index in [9.17, 15) is 4.79 Å². The lowest BCUT2D eigenvalue weighted by Gasteiger charge is -2.40. The molecule has 2 aliphatic carbocycles. The van der Waals surface area contributed by atoms with Crippen LogP contribution in [-0.2, 0) is 5.41 Å². The molecule has 0 unspecified atom stereocenters. The molecule has 1 aromatic carbocycles. The predicted octanol–water partition coefficient (Wildman–Crippen LogP) is 3.45. The van der Waals surface area contributed by atoms with Crippen molar-refractivity contribution in [2.45, 2.75) is 50.5 Å². The number of aryl methyl sites for hydroxylation is 1. The fraction of sp³-hybridized carbons (Fsp3) is 0.667. The smallest absolute Gasteiger partial charge is 0.317 e. The van der Waals surface area contributed by atoms with Gasteiger partial charge in [0.15, 0.2) is 0 Å². The van der Waals surface area contributed by atoms with Gasteiger partial charge in [0.05, 0.1) is 6.04 Å². The molecule has 0 aromatic heterocycles. The van der Waals surface area contributed by atoms with Crippen LogP contribution in [0, 0.1) is 12.8 Å². The van der Waals surface area contributed by atoms with Crippen LogP contribution in [0.15, 0.2) is 18.2 Å². The molecular formula is C21H31N3O. The second-order valence-corrected chi connectivity index (χ2v) is 8.72. The van der Waals surface area contributed by atoms with Crippen LogP contribution in [0.4, 0.5) is 4.79 Å². The number of hydrogen-bond acceptors (Lipinski definition) is 2. The number of nitrogens with zero attached hydrogens (tertiary/aromatic N) is 2. The fourth-order valence-corrected chi connectivity index (χ4v) is 4.77. The van der Waals surface area contributed by atoms with Crippen LogP contribution in [0.2, 0.25) is 0 Å². The Morgan fingerprint density at radius 3 is 2.64 bits per heavy atom. The first-order chi connectivity index (χ1) is 12.0. The summed E-state index contributed by atoms with van der Waals surface area (Å²) in [5.41, 5.74) is 4.39. The van der Waals surface area contributed by atoms with E-state index in [4.69, 9.17) is 0 Å². The Kier molecular flexibility index (Phi) is 4.27. The quantitative estimate of drug-likeness (QED) is 0.914. The van der Waals surface area contributed by atoms with Crippen LogP contribution >= 0.6 is 0 Å². The van der Waals surface area contributed by atoms with Crippen molar-refractivity contribution in [1.82, 2.24) is 15.1 Å². The summed E-state index contributed by atoms with van der Waals surface area (Å²) in [6, 6.07) is 7.04. The zero-order chi connectivity index (χ0) is 17.6. The molecule has 136 valence electrons. The topological polar surface area (TPSA) is 35.6 Å². The highest BCUT2D eigenvalue weighted by molar-refractivity contribution is 5.74. The van der Waals surface area contributed by atoms with Crippen molar-refractivity contribution in [3.8, 4) is 0 Å². The van der Waals surface area contributed by atoms with Crippen LogP contribution in [0.1, 0.15) is 54.8 Å². The average molecular weight is 341 g/mol. The van der Waals surface area contributed by atoms with E-state index < -0.39 is 0 Å². The number of nitrogens with one attached hydrogen (secondary N) is 1. The summed E-state index contributed by atoms with van der Waals surface area (Å²) in [6.07, 6.45) is 6.38. The maximum absolute atomic E-state index is 12.3. The number of piperidine rings is 1. The Morgan fingerprint density at radius 1 is 1.28 bits per heavy atom. The number of rotatable bonds is 3. The summed E-state index contributed by atoms with van der Waals surface area (Å²) < 4.78 is 0. The number of amides is 2. The van der Waals surface area contributed by atoms with Gasteiger partial charge in [0.25, 0.3) is 0 Å². The highest BCUT2D eigenvalue weighted by Gasteiger charge is 2.46. The first-order valence-electron chi connectivity index (χ1n) is 9.78. The number of carbonyl (C=O) groups is 1. The Bertz CT molecular complexity index is 657. The zero-order valence-electron chi connectivity index (χ0n) is 15.8. The minimum absolute atomic E-state index is 0.0145. The number of benzene rings is 1. The molecule has 4 nitrogen and oxygen atoms in total. The van der Waals surface area contributed by atoms with Gasteiger partial charge in [0.1, 0.15) is 0 Å². The fourth-order valence-electron chi connectivity index (χ4n) is 4.77. The minimum atomic E-state index is 0.0145. The van der Waals surface area contributed by atoms with E-state index in [-0.39, 0.29) is 17.5 Å². The van der Waals surface area contributed by atoms with Gasteiger partial charge < -0.3 is 15.1 Å². The van der Waals surface area contributed by atoms with Gasteiger partial charge in [-0.25, -0.2) is 4.79 Å². The second-order valence-electron chi connectivity index (χ2n) is 8.72. The van der Waals surface area contributed by atoms with E-state index in [1.54, 1.807) is 4.90 Å². The van der Waals surface area contributed by atoms with Gasteiger partial charge in [-0.05, 0) is 69.2 Å². The van der Waals surface area contributed by atoms with Gasteiger partial charge in [0.2, 0.25) is 0 Å². The van der Waals surface area contributed by atoms with E-state index in [1.165, 1.54) is 62.0 Å². The molecule has 4 heteroatoms. The number of hydrogen-bond donors (Lipinski definition) is 1. The molecule has 1 aliphatic heterocycles. The largest absolute Gasteiger partial charge is 0.331 e. The molecule has 1 saturated carbocycles. The van der Waals surface area contributed by atoms with Crippen LogP contribution in [0.5, 0.6) is 0 Å². The van der Waals surface area contributed by atoms with Gasteiger partial charge in [-0.1, -0.05) is 23.8 Å². The molecule has 1 N–H and O–H groups in total. The predicted molar refractivity (Wildman–Crippen MR) is 101 cm³/mol. The van der Waals surface area contributed by atoms with Crippen LogP contribution in [0.25, 0.3) is 0 Å². The summed E-state index contributed by atoms with van der Waals surface area (Å²) >= 11 is 0. The molecule has 2 fully saturated rings. The molecule has 1 saturated heterocycles. The third-order valence-corrected chi connectivity index (χ3v) is 6.48. The molecule has 3 aliphatic rings. The molecule has 0 bridgehead atoms.